The Morgan fingerprint density at radius 2 is 0.306 bits per heavy atom. The van der Waals surface area contributed by atoms with Crippen LogP contribution in [-0.4, -0.2) is 36.3 Å². The second-order valence-electron chi connectivity index (χ2n) is 15.2. The van der Waals surface area contributed by atoms with Crippen LogP contribution in [0.2, 0.25) is 0 Å². The maximum atomic E-state index is 3.66. The molecule has 0 aromatic carbocycles. The molecule has 6 saturated carbocycles. The molecule has 6 rings (SSSR count). The molecular weight excluding hydrogens is 684 g/mol. The molecule has 0 atom stereocenters. The Bertz CT molecular complexity index is 479. The van der Waals surface area contributed by atoms with E-state index in [9.17, 15) is 0 Å². The normalized spacial score (nSPS) is 23.1. The van der Waals surface area contributed by atoms with Crippen LogP contribution in [0.15, 0.2) is 0 Å². The van der Waals surface area contributed by atoms with Crippen LogP contribution < -0.4 is 31.9 Å². The first-order valence-corrected chi connectivity index (χ1v) is 20.8. The van der Waals surface area contributed by atoms with E-state index in [4.69, 9.17) is 0 Å². The zero-order chi connectivity index (χ0) is 34.9. The largest absolute Gasteiger partial charge is 0.470 e. The predicted octanol–water partition coefficient (Wildman–Crippen LogP) is 10.2. The molecule has 0 radical (unpaired) electrons. The second-order valence-corrected chi connectivity index (χ2v) is 15.2. The zero-order valence-corrected chi connectivity index (χ0v) is 34.3. The van der Waals surface area contributed by atoms with Crippen LogP contribution in [0.4, 0.5) is 0 Å². The molecule has 6 aliphatic rings. The third-order valence-electron chi connectivity index (χ3n) is 11.4. The van der Waals surface area contributed by atoms with Crippen molar-refractivity contribution in [3.8, 4) is 0 Å². The van der Waals surface area contributed by atoms with E-state index < -0.39 is 0 Å². The van der Waals surface area contributed by atoms with Gasteiger partial charge in [0.25, 0.3) is 0 Å². The number of nitrogens with one attached hydrogen (secondary N) is 6. The predicted molar refractivity (Wildman–Crippen MR) is 212 cm³/mol. The molecule has 7 heteroatoms. The van der Waals surface area contributed by atoms with Gasteiger partial charge >= 0.3 is 0 Å². The molecule has 6 aliphatic carbocycles. The van der Waals surface area contributed by atoms with Crippen LogP contribution in [0, 0.1) is 42.3 Å². The van der Waals surface area contributed by atoms with Gasteiger partial charge in [-0.25, -0.2) is 0 Å². The van der Waals surface area contributed by atoms with E-state index in [0.29, 0.717) is 0 Å². The molecule has 6 fully saturated rings. The molecule has 0 heterocycles. The molecule has 0 saturated heterocycles. The molecule has 0 aliphatic heterocycles. The van der Waals surface area contributed by atoms with Crippen molar-refractivity contribution in [3.05, 3.63) is 42.3 Å². The molecule has 49 heavy (non-hydrogen) atoms. The second kappa shape index (κ2) is 36.8. The third-order valence-corrected chi connectivity index (χ3v) is 11.4. The van der Waals surface area contributed by atoms with Crippen LogP contribution in [0.25, 0.3) is 0 Å². The van der Waals surface area contributed by atoms with Gasteiger partial charge in [-0.3, -0.25) is 42.3 Å². The summed E-state index contributed by atoms with van der Waals surface area (Å²) >= 11 is 0. The Balaban J connectivity index is 0.000000562. The molecule has 0 bridgehead atoms. The van der Waals surface area contributed by atoms with E-state index in [1.165, 1.54) is 193 Å². The van der Waals surface area contributed by atoms with Gasteiger partial charge in [0.05, 0.1) is 0 Å². The van der Waals surface area contributed by atoms with Gasteiger partial charge in [-0.05, 0) is 113 Å². The van der Waals surface area contributed by atoms with Crippen LogP contribution in [0.1, 0.15) is 193 Å². The Labute approximate surface area is 322 Å². The van der Waals surface area contributed by atoms with E-state index in [1.54, 1.807) is 0 Å². The summed E-state index contributed by atoms with van der Waals surface area (Å²) in [6.07, 6.45) is 41.4. The Morgan fingerprint density at radius 1 is 0.204 bits per heavy atom. The van der Waals surface area contributed by atoms with Crippen molar-refractivity contribution in [2.75, 3.05) is 0 Å². The smallest absolute Gasteiger partial charge is 0 e. The summed E-state index contributed by atoms with van der Waals surface area (Å²) in [4.78, 5) is 0. The average molecular weight is 769 g/mol. The fourth-order valence-electron chi connectivity index (χ4n) is 7.84. The first-order chi connectivity index (χ1) is 23.6. The summed E-state index contributed by atoms with van der Waals surface area (Å²) in [5.74, 6) is 0. The van der Waals surface area contributed by atoms with Gasteiger partial charge in [-0.2, -0.15) is 0 Å². The van der Waals surface area contributed by atoms with E-state index in [0.717, 1.165) is 36.3 Å². The van der Waals surface area contributed by atoms with Gasteiger partial charge in [-0.1, -0.05) is 116 Å². The van der Waals surface area contributed by atoms with Crippen LogP contribution in [0.3, 0.4) is 0 Å². The summed E-state index contributed by atoms with van der Waals surface area (Å²) in [5, 5.41) is 18.3. The van der Waals surface area contributed by atoms with Crippen molar-refractivity contribution in [1.29, 1.82) is 0 Å². The molecular formula is C42H84MoN6-6. The summed E-state index contributed by atoms with van der Waals surface area (Å²) in [6, 6.07) is 4.35. The minimum absolute atomic E-state index is 0. The average Bonchev–Trinajstić information content (AvgIpc) is 3.21. The van der Waals surface area contributed by atoms with Crippen molar-refractivity contribution in [1.82, 2.24) is 31.9 Å². The van der Waals surface area contributed by atoms with E-state index in [-0.39, 0.29) is 21.1 Å². The minimum Gasteiger partial charge on any atom is -0.470 e. The summed E-state index contributed by atoms with van der Waals surface area (Å²) < 4.78 is 0. The maximum Gasteiger partial charge on any atom is 0 e. The van der Waals surface area contributed by atoms with Crippen molar-refractivity contribution < 1.29 is 21.1 Å². The Kier molecular flexibility index (Phi) is 37.1. The van der Waals surface area contributed by atoms with Crippen LogP contribution >= 0.6 is 0 Å². The Hall–Kier alpha value is 0.448. The van der Waals surface area contributed by atoms with Gasteiger partial charge < -0.3 is 31.9 Å². The molecule has 0 aromatic heterocycles. The molecule has 0 aromatic rings. The molecule has 294 valence electrons. The SMILES string of the molecule is [CH2-]NC1CCCCC1.[CH2-]NC1CCCCC1.[CH2-]NC1CCCCC1.[CH2-]NC1CCCCC1.[CH2-]NC1CCCCC1.[CH2-]NC1CCCCC1.[Mo]. The Morgan fingerprint density at radius 3 is 0.367 bits per heavy atom. The zero-order valence-electron chi connectivity index (χ0n) is 32.3. The first-order valence-electron chi connectivity index (χ1n) is 20.8. The summed E-state index contributed by atoms with van der Waals surface area (Å²) in [7, 11) is 22.0. The monoisotopic (exact) mass is 771 g/mol. The van der Waals surface area contributed by atoms with E-state index in [2.05, 4.69) is 74.2 Å². The third kappa shape index (κ3) is 28.6. The van der Waals surface area contributed by atoms with Gasteiger partial charge in [0, 0.05) is 21.1 Å². The van der Waals surface area contributed by atoms with Crippen molar-refractivity contribution in [3.63, 3.8) is 0 Å². The van der Waals surface area contributed by atoms with Crippen molar-refractivity contribution >= 4 is 0 Å². The topological polar surface area (TPSA) is 72.2 Å². The standard InChI is InChI=1S/6C7H14N.Mo/c6*1-8-7-5-3-2-4-6-7;/h6*7-8H,1-6H2;/q6*-1;. The molecule has 6 N–H and O–H groups in total. The van der Waals surface area contributed by atoms with Gasteiger partial charge in [-0.15, -0.1) is 0 Å². The maximum absolute atomic E-state index is 3.66. The van der Waals surface area contributed by atoms with Crippen LogP contribution in [0.5, 0.6) is 0 Å². The summed E-state index contributed by atoms with van der Waals surface area (Å²) in [5.41, 5.74) is 0. The fourth-order valence-corrected chi connectivity index (χ4v) is 7.84. The summed E-state index contributed by atoms with van der Waals surface area (Å²) in [6.45, 7) is 0. The first kappa shape index (κ1) is 49.4. The van der Waals surface area contributed by atoms with Gasteiger partial charge in [0.15, 0.2) is 0 Å². The van der Waals surface area contributed by atoms with E-state index in [1.807, 2.05) is 0 Å². The fraction of sp³-hybridized carbons (Fsp3) is 0.857. The number of hydrogen-bond acceptors (Lipinski definition) is 6. The van der Waals surface area contributed by atoms with E-state index >= 15 is 0 Å². The van der Waals surface area contributed by atoms with Gasteiger partial charge in [0.1, 0.15) is 0 Å². The molecule has 0 unspecified atom stereocenters. The molecule has 0 spiro atoms. The van der Waals surface area contributed by atoms with Crippen molar-refractivity contribution in [2.24, 2.45) is 0 Å². The minimum atomic E-state index is 0. The number of rotatable bonds is 6. The quantitative estimate of drug-likeness (QED) is 0.119. The van der Waals surface area contributed by atoms with Gasteiger partial charge in [0.2, 0.25) is 0 Å². The van der Waals surface area contributed by atoms with Crippen LogP contribution in [-0.2, 0) is 21.1 Å². The van der Waals surface area contributed by atoms with Crippen molar-refractivity contribution in [2.45, 2.75) is 229 Å². The number of hydrogen-bond donors (Lipinski definition) is 6. The molecule has 0 amide bonds. The molecule has 6 nitrogen and oxygen atoms in total.